The van der Waals surface area contributed by atoms with Crippen LogP contribution in [0.25, 0.3) is 0 Å². The zero-order valence-electron chi connectivity index (χ0n) is 12.0. The van der Waals surface area contributed by atoms with Gasteiger partial charge in [-0.2, -0.15) is 0 Å². The van der Waals surface area contributed by atoms with Gasteiger partial charge in [-0.25, -0.2) is 0 Å². The number of nitrogens with one attached hydrogen (secondary N) is 1. The normalized spacial score (nSPS) is 10.5. The van der Waals surface area contributed by atoms with Gasteiger partial charge in [-0.15, -0.1) is 0 Å². The molecular formula is C16H17BrClNO2. The highest BCUT2D eigenvalue weighted by Crippen LogP contribution is 2.25. The van der Waals surface area contributed by atoms with E-state index in [0.29, 0.717) is 13.1 Å². The molecule has 2 aromatic carbocycles. The molecule has 0 aliphatic rings. The first kappa shape index (κ1) is 16.1. The van der Waals surface area contributed by atoms with E-state index in [9.17, 15) is 0 Å². The first-order valence-electron chi connectivity index (χ1n) is 6.49. The van der Waals surface area contributed by atoms with E-state index in [4.69, 9.17) is 21.1 Å². The topological polar surface area (TPSA) is 30.5 Å². The Kier molecular flexibility index (Phi) is 5.91. The van der Waals surface area contributed by atoms with Gasteiger partial charge in [0, 0.05) is 34.2 Å². The molecule has 0 bridgehead atoms. The first-order chi connectivity index (χ1) is 10.1. The quantitative estimate of drug-likeness (QED) is 0.817. The third-order valence-corrected chi connectivity index (χ3v) is 3.99. The van der Waals surface area contributed by atoms with E-state index in [1.54, 1.807) is 14.2 Å². The van der Waals surface area contributed by atoms with E-state index in [1.165, 1.54) is 0 Å². The molecule has 2 rings (SSSR count). The summed E-state index contributed by atoms with van der Waals surface area (Å²) in [7, 11) is 3.30. The van der Waals surface area contributed by atoms with Crippen molar-refractivity contribution in [3.8, 4) is 11.5 Å². The molecule has 0 fully saturated rings. The van der Waals surface area contributed by atoms with Crippen molar-refractivity contribution in [1.82, 2.24) is 5.32 Å². The van der Waals surface area contributed by atoms with Crippen molar-refractivity contribution in [2.24, 2.45) is 0 Å². The second kappa shape index (κ2) is 7.69. The smallest absolute Gasteiger partial charge is 0.127 e. The molecule has 112 valence electrons. The number of halogens is 2. The molecular weight excluding hydrogens is 354 g/mol. The van der Waals surface area contributed by atoms with Crippen LogP contribution in [0.5, 0.6) is 11.5 Å². The van der Waals surface area contributed by atoms with Gasteiger partial charge in [0.05, 0.1) is 14.2 Å². The summed E-state index contributed by atoms with van der Waals surface area (Å²) in [5.74, 6) is 1.59. The van der Waals surface area contributed by atoms with Crippen LogP contribution >= 0.6 is 27.5 Å². The molecule has 0 radical (unpaired) electrons. The standard InChI is InChI=1S/C16H17BrClNO2/c1-20-14-5-3-11(16(8-14)21-2)9-19-10-12-7-13(17)4-6-15(12)18/h3-8,19H,9-10H2,1-2H3. The summed E-state index contributed by atoms with van der Waals surface area (Å²) in [5, 5.41) is 4.13. The van der Waals surface area contributed by atoms with Crippen LogP contribution in [0.4, 0.5) is 0 Å². The second-order valence-electron chi connectivity index (χ2n) is 4.52. The maximum atomic E-state index is 6.17. The van der Waals surface area contributed by atoms with Gasteiger partial charge in [-0.05, 0) is 29.8 Å². The highest BCUT2D eigenvalue weighted by atomic mass is 79.9. The average Bonchev–Trinajstić information content (AvgIpc) is 2.50. The van der Waals surface area contributed by atoms with Gasteiger partial charge in [-0.3, -0.25) is 0 Å². The maximum absolute atomic E-state index is 6.17. The third-order valence-electron chi connectivity index (χ3n) is 3.13. The predicted octanol–water partition coefficient (Wildman–Crippen LogP) is 4.41. The summed E-state index contributed by atoms with van der Waals surface area (Å²) in [6.07, 6.45) is 0. The van der Waals surface area contributed by atoms with Crippen molar-refractivity contribution in [2.75, 3.05) is 14.2 Å². The molecule has 0 saturated heterocycles. The van der Waals surface area contributed by atoms with Crippen LogP contribution in [0, 0.1) is 0 Å². The Morgan fingerprint density at radius 2 is 1.76 bits per heavy atom. The first-order valence-corrected chi connectivity index (χ1v) is 7.66. The maximum Gasteiger partial charge on any atom is 0.127 e. The molecule has 1 N–H and O–H groups in total. The molecule has 0 heterocycles. The zero-order valence-corrected chi connectivity index (χ0v) is 14.3. The van der Waals surface area contributed by atoms with Crippen LogP contribution < -0.4 is 14.8 Å². The van der Waals surface area contributed by atoms with Gasteiger partial charge in [0.25, 0.3) is 0 Å². The van der Waals surface area contributed by atoms with E-state index in [-0.39, 0.29) is 0 Å². The molecule has 0 saturated carbocycles. The van der Waals surface area contributed by atoms with Crippen LogP contribution in [0.15, 0.2) is 40.9 Å². The van der Waals surface area contributed by atoms with Gasteiger partial charge >= 0.3 is 0 Å². The molecule has 0 aromatic heterocycles. The van der Waals surface area contributed by atoms with Crippen molar-refractivity contribution in [2.45, 2.75) is 13.1 Å². The Morgan fingerprint density at radius 1 is 1.00 bits per heavy atom. The third kappa shape index (κ3) is 4.37. The van der Waals surface area contributed by atoms with Gasteiger partial charge in [0.2, 0.25) is 0 Å². The minimum absolute atomic E-state index is 0.688. The summed E-state index contributed by atoms with van der Waals surface area (Å²) in [5.41, 5.74) is 2.13. The van der Waals surface area contributed by atoms with E-state index in [2.05, 4.69) is 21.2 Å². The summed E-state index contributed by atoms with van der Waals surface area (Å²) in [6.45, 7) is 1.38. The Morgan fingerprint density at radius 3 is 2.48 bits per heavy atom. The van der Waals surface area contributed by atoms with Crippen LogP contribution in [0.2, 0.25) is 5.02 Å². The molecule has 0 aliphatic carbocycles. The lowest BCUT2D eigenvalue weighted by Crippen LogP contribution is -2.13. The highest BCUT2D eigenvalue weighted by molar-refractivity contribution is 9.10. The second-order valence-corrected chi connectivity index (χ2v) is 5.84. The van der Waals surface area contributed by atoms with E-state index >= 15 is 0 Å². The fourth-order valence-electron chi connectivity index (χ4n) is 2.01. The Labute approximate surface area is 138 Å². The minimum Gasteiger partial charge on any atom is -0.497 e. The molecule has 3 nitrogen and oxygen atoms in total. The molecule has 0 amide bonds. The Balaban J connectivity index is 2.01. The molecule has 5 heteroatoms. The van der Waals surface area contributed by atoms with Crippen molar-refractivity contribution in [3.05, 3.63) is 57.0 Å². The van der Waals surface area contributed by atoms with E-state index < -0.39 is 0 Å². The summed E-state index contributed by atoms with van der Waals surface area (Å²) >= 11 is 9.63. The fraction of sp³-hybridized carbons (Fsp3) is 0.250. The Bertz CT molecular complexity index is 619. The number of benzene rings is 2. The molecule has 0 aliphatic heterocycles. The largest absolute Gasteiger partial charge is 0.497 e. The minimum atomic E-state index is 0.688. The summed E-state index contributed by atoms with van der Waals surface area (Å²) in [4.78, 5) is 0. The van der Waals surface area contributed by atoms with Crippen LogP contribution in [0.1, 0.15) is 11.1 Å². The number of hydrogen-bond donors (Lipinski definition) is 1. The van der Waals surface area contributed by atoms with Gasteiger partial charge in [0.1, 0.15) is 11.5 Å². The average molecular weight is 371 g/mol. The fourth-order valence-corrected chi connectivity index (χ4v) is 2.60. The van der Waals surface area contributed by atoms with Crippen molar-refractivity contribution in [3.63, 3.8) is 0 Å². The molecule has 0 atom stereocenters. The molecule has 0 spiro atoms. The lowest BCUT2D eigenvalue weighted by atomic mass is 10.1. The monoisotopic (exact) mass is 369 g/mol. The molecule has 21 heavy (non-hydrogen) atoms. The summed E-state index contributed by atoms with van der Waals surface area (Å²) in [6, 6.07) is 11.6. The lowest BCUT2D eigenvalue weighted by Gasteiger charge is -2.12. The van der Waals surface area contributed by atoms with Crippen molar-refractivity contribution < 1.29 is 9.47 Å². The van der Waals surface area contributed by atoms with Gasteiger partial charge < -0.3 is 14.8 Å². The van der Waals surface area contributed by atoms with Gasteiger partial charge in [-0.1, -0.05) is 33.6 Å². The van der Waals surface area contributed by atoms with Crippen molar-refractivity contribution >= 4 is 27.5 Å². The van der Waals surface area contributed by atoms with Crippen LogP contribution in [-0.4, -0.2) is 14.2 Å². The number of ether oxygens (including phenoxy) is 2. The highest BCUT2D eigenvalue weighted by Gasteiger charge is 2.06. The van der Waals surface area contributed by atoms with Crippen LogP contribution in [-0.2, 0) is 13.1 Å². The zero-order chi connectivity index (χ0) is 15.2. The van der Waals surface area contributed by atoms with Gasteiger partial charge in [0.15, 0.2) is 0 Å². The lowest BCUT2D eigenvalue weighted by molar-refractivity contribution is 0.390. The van der Waals surface area contributed by atoms with Crippen LogP contribution in [0.3, 0.4) is 0 Å². The summed E-state index contributed by atoms with van der Waals surface area (Å²) < 4.78 is 11.6. The molecule has 0 unspecified atom stereocenters. The number of hydrogen-bond acceptors (Lipinski definition) is 3. The van der Waals surface area contributed by atoms with E-state index in [1.807, 2.05) is 36.4 Å². The van der Waals surface area contributed by atoms with E-state index in [0.717, 1.165) is 32.1 Å². The Hall–Kier alpha value is -1.23. The SMILES string of the molecule is COc1ccc(CNCc2cc(Br)ccc2Cl)c(OC)c1. The number of methoxy groups -OCH3 is 2. The predicted molar refractivity (Wildman–Crippen MR) is 89.2 cm³/mol. The molecule has 2 aromatic rings. The van der Waals surface area contributed by atoms with Crippen molar-refractivity contribution in [1.29, 1.82) is 0 Å². The number of rotatable bonds is 6.